The normalized spacial score (nSPS) is 10.8. The second-order valence-electron chi connectivity index (χ2n) is 4.93. The molecule has 7 heteroatoms. The van der Waals surface area contributed by atoms with E-state index in [4.69, 9.17) is 10.5 Å². The van der Waals surface area contributed by atoms with Crippen LogP contribution < -0.4 is 15.8 Å². The van der Waals surface area contributed by atoms with Gasteiger partial charge in [-0.2, -0.15) is 0 Å². The average molecular weight is 323 g/mol. The van der Waals surface area contributed by atoms with Gasteiger partial charge in [-0.15, -0.1) is 11.3 Å². The summed E-state index contributed by atoms with van der Waals surface area (Å²) < 4.78 is 19.0. The fraction of sp³-hybridized carbons (Fsp3) is 0.333. The maximum Gasteiger partial charge on any atom is 0.275 e. The molecule has 0 aliphatic rings. The number of rotatable bonds is 6. The highest BCUT2D eigenvalue weighted by Crippen LogP contribution is 2.27. The number of thiazole rings is 1. The summed E-state index contributed by atoms with van der Waals surface area (Å²) in [6, 6.07) is 4.00. The number of halogens is 1. The molecule has 0 saturated heterocycles. The SMILES string of the molecule is CC(C)Oc1ccc(F)cc1NC(=O)c1csc(CCN)n1. The van der Waals surface area contributed by atoms with Gasteiger partial charge < -0.3 is 15.8 Å². The van der Waals surface area contributed by atoms with Crippen molar-refractivity contribution in [3.05, 3.63) is 40.1 Å². The molecule has 1 amide bonds. The number of nitrogens with one attached hydrogen (secondary N) is 1. The number of carbonyl (C=O) groups is 1. The molecule has 0 unspecified atom stereocenters. The quantitative estimate of drug-likeness (QED) is 0.857. The van der Waals surface area contributed by atoms with E-state index in [9.17, 15) is 9.18 Å². The van der Waals surface area contributed by atoms with Crippen molar-refractivity contribution in [2.45, 2.75) is 26.4 Å². The first-order valence-electron chi connectivity index (χ1n) is 6.91. The lowest BCUT2D eigenvalue weighted by Crippen LogP contribution is -2.15. The molecule has 1 heterocycles. The van der Waals surface area contributed by atoms with Gasteiger partial charge in [-0.05, 0) is 32.5 Å². The zero-order valence-electron chi connectivity index (χ0n) is 12.4. The van der Waals surface area contributed by atoms with Crippen molar-refractivity contribution < 1.29 is 13.9 Å². The van der Waals surface area contributed by atoms with Gasteiger partial charge in [0.2, 0.25) is 0 Å². The Morgan fingerprint density at radius 3 is 2.95 bits per heavy atom. The third-order valence-electron chi connectivity index (χ3n) is 2.70. The van der Waals surface area contributed by atoms with Gasteiger partial charge in [-0.3, -0.25) is 4.79 Å². The van der Waals surface area contributed by atoms with Crippen LogP contribution in [0.15, 0.2) is 23.6 Å². The van der Waals surface area contributed by atoms with E-state index >= 15 is 0 Å². The lowest BCUT2D eigenvalue weighted by molar-refractivity contribution is 0.102. The molecular formula is C15H18FN3O2S. The molecular weight excluding hydrogens is 305 g/mol. The fourth-order valence-corrected chi connectivity index (χ4v) is 2.59. The summed E-state index contributed by atoms with van der Waals surface area (Å²) in [5.41, 5.74) is 6.03. The van der Waals surface area contributed by atoms with E-state index in [2.05, 4.69) is 10.3 Å². The van der Waals surface area contributed by atoms with Crippen molar-refractivity contribution >= 4 is 22.9 Å². The Morgan fingerprint density at radius 1 is 1.50 bits per heavy atom. The number of hydrogen-bond donors (Lipinski definition) is 2. The van der Waals surface area contributed by atoms with E-state index < -0.39 is 11.7 Å². The number of hydrogen-bond acceptors (Lipinski definition) is 5. The van der Waals surface area contributed by atoms with Crippen LogP contribution >= 0.6 is 11.3 Å². The number of ether oxygens (including phenoxy) is 1. The number of nitrogens with two attached hydrogens (primary N) is 1. The molecule has 3 N–H and O–H groups in total. The van der Waals surface area contributed by atoms with Gasteiger partial charge in [0.1, 0.15) is 17.3 Å². The molecule has 2 aromatic rings. The van der Waals surface area contributed by atoms with E-state index in [-0.39, 0.29) is 17.5 Å². The van der Waals surface area contributed by atoms with Crippen LogP contribution in [0.3, 0.4) is 0 Å². The largest absolute Gasteiger partial charge is 0.489 e. The number of nitrogens with zero attached hydrogens (tertiary/aromatic N) is 1. The van der Waals surface area contributed by atoms with Crippen molar-refractivity contribution in [3.8, 4) is 5.75 Å². The van der Waals surface area contributed by atoms with Gasteiger partial charge in [0.05, 0.1) is 16.8 Å². The molecule has 22 heavy (non-hydrogen) atoms. The maximum absolute atomic E-state index is 13.4. The lowest BCUT2D eigenvalue weighted by atomic mass is 10.2. The van der Waals surface area contributed by atoms with Gasteiger partial charge in [0.25, 0.3) is 5.91 Å². The van der Waals surface area contributed by atoms with Crippen molar-refractivity contribution in [1.29, 1.82) is 0 Å². The van der Waals surface area contributed by atoms with Gasteiger partial charge in [-0.25, -0.2) is 9.37 Å². The Bertz CT molecular complexity index is 658. The molecule has 0 aliphatic heterocycles. The topological polar surface area (TPSA) is 77.2 Å². The summed E-state index contributed by atoms with van der Waals surface area (Å²) in [6.07, 6.45) is 0.538. The second kappa shape index (κ2) is 7.33. The molecule has 0 bridgehead atoms. The smallest absolute Gasteiger partial charge is 0.275 e. The van der Waals surface area contributed by atoms with Gasteiger partial charge >= 0.3 is 0 Å². The molecule has 0 aliphatic carbocycles. The predicted octanol–water partition coefficient (Wildman–Crippen LogP) is 2.82. The monoisotopic (exact) mass is 323 g/mol. The average Bonchev–Trinajstić information content (AvgIpc) is 2.90. The predicted molar refractivity (Wildman–Crippen MR) is 85.0 cm³/mol. The second-order valence-corrected chi connectivity index (χ2v) is 5.87. The Hall–Kier alpha value is -1.99. The minimum atomic E-state index is -0.450. The summed E-state index contributed by atoms with van der Waals surface area (Å²) in [4.78, 5) is 16.4. The summed E-state index contributed by atoms with van der Waals surface area (Å²) in [5.74, 6) is -0.436. The maximum atomic E-state index is 13.4. The first kappa shape index (κ1) is 16.4. The zero-order chi connectivity index (χ0) is 16.1. The third-order valence-corrected chi connectivity index (χ3v) is 3.60. The highest BCUT2D eigenvalue weighted by Gasteiger charge is 2.14. The van der Waals surface area contributed by atoms with Gasteiger partial charge in [0, 0.05) is 17.9 Å². The first-order chi connectivity index (χ1) is 10.5. The van der Waals surface area contributed by atoms with Crippen molar-refractivity contribution in [2.24, 2.45) is 5.73 Å². The molecule has 0 radical (unpaired) electrons. The molecule has 5 nitrogen and oxygen atoms in total. The molecule has 0 fully saturated rings. The number of anilines is 1. The Balaban J connectivity index is 2.17. The van der Waals surface area contributed by atoms with Crippen LogP contribution in [0.5, 0.6) is 5.75 Å². The number of aromatic nitrogens is 1. The summed E-state index contributed by atoms with van der Waals surface area (Å²) >= 11 is 1.37. The van der Waals surface area contributed by atoms with E-state index in [0.29, 0.717) is 18.7 Å². The summed E-state index contributed by atoms with van der Waals surface area (Å²) in [7, 11) is 0. The van der Waals surface area contributed by atoms with Crippen LogP contribution in [0.1, 0.15) is 29.3 Å². The lowest BCUT2D eigenvalue weighted by Gasteiger charge is -2.14. The first-order valence-corrected chi connectivity index (χ1v) is 7.79. The van der Waals surface area contributed by atoms with E-state index in [0.717, 1.165) is 5.01 Å². The van der Waals surface area contributed by atoms with Gasteiger partial charge in [0.15, 0.2) is 0 Å². The molecule has 2 rings (SSSR count). The molecule has 1 aromatic heterocycles. The molecule has 1 aromatic carbocycles. The van der Waals surface area contributed by atoms with Crippen molar-refractivity contribution in [3.63, 3.8) is 0 Å². The molecule has 0 saturated carbocycles. The summed E-state index contributed by atoms with van der Waals surface area (Å²) in [6.45, 7) is 4.19. The van der Waals surface area contributed by atoms with Crippen LogP contribution in [0.2, 0.25) is 0 Å². The number of carbonyl (C=O) groups excluding carboxylic acids is 1. The standard InChI is InChI=1S/C15H18FN3O2S/c1-9(2)21-13-4-3-10(16)7-11(13)19-15(20)12-8-22-14(18-12)5-6-17/h3-4,7-9H,5-6,17H2,1-2H3,(H,19,20). The number of amides is 1. The fourth-order valence-electron chi connectivity index (χ4n) is 1.80. The van der Waals surface area contributed by atoms with E-state index in [1.54, 1.807) is 5.38 Å². The summed E-state index contributed by atoms with van der Waals surface area (Å²) in [5, 5.41) is 5.09. The molecule has 118 valence electrons. The van der Waals surface area contributed by atoms with Crippen LogP contribution in [0.4, 0.5) is 10.1 Å². The van der Waals surface area contributed by atoms with E-state index in [1.807, 2.05) is 13.8 Å². The molecule has 0 atom stereocenters. The Kier molecular flexibility index (Phi) is 5.46. The zero-order valence-corrected chi connectivity index (χ0v) is 13.2. The number of benzene rings is 1. The molecule has 0 spiro atoms. The Labute approximate surface area is 132 Å². The van der Waals surface area contributed by atoms with Crippen molar-refractivity contribution in [2.75, 3.05) is 11.9 Å². The third kappa shape index (κ3) is 4.25. The van der Waals surface area contributed by atoms with Crippen LogP contribution in [-0.4, -0.2) is 23.5 Å². The van der Waals surface area contributed by atoms with Crippen molar-refractivity contribution in [1.82, 2.24) is 4.98 Å². The van der Waals surface area contributed by atoms with Gasteiger partial charge in [-0.1, -0.05) is 0 Å². The highest BCUT2D eigenvalue weighted by molar-refractivity contribution is 7.09. The minimum absolute atomic E-state index is 0.0865. The Morgan fingerprint density at radius 2 is 2.27 bits per heavy atom. The van der Waals surface area contributed by atoms with Crippen LogP contribution in [-0.2, 0) is 6.42 Å². The minimum Gasteiger partial charge on any atom is -0.489 e. The highest BCUT2D eigenvalue weighted by atomic mass is 32.1. The van der Waals surface area contributed by atoms with Crippen LogP contribution in [0.25, 0.3) is 0 Å². The van der Waals surface area contributed by atoms with Crippen LogP contribution in [0, 0.1) is 5.82 Å². The van der Waals surface area contributed by atoms with E-state index in [1.165, 1.54) is 29.5 Å².